The molecule has 0 saturated heterocycles. The summed E-state index contributed by atoms with van der Waals surface area (Å²) in [5.41, 5.74) is 0.900. The van der Waals surface area contributed by atoms with Crippen molar-refractivity contribution in [3.8, 4) is 22.6 Å². The molecule has 1 aromatic heterocycles. The lowest BCUT2D eigenvalue weighted by molar-refractivity contribution is -0.385. The van der Waals surface area contributed by atoms with Gasteiger partial charge in [0.2, 0.25) is 0 Å². The van der Waals surface area contributed by atoms with E-state index in [1.165, 1.54) is 18.2 Å². The van der Waals surface area contributed by atoms with Crippen molar-refractivity contribution in [2.75, 3.05) is 27.8 Å². The maximum atomic E-state index is 15.1. The molecule has 3 aromatic rings. The number of nitrogens with zero attached hydrogens (tertiary/aromatic N) is 4. The minimum Gasteiger partial charge on any atom is -0.497 e. The van der Waals surface area contributed by atoms with Gasteiger partial charge < -0.3 is 19.1 Å². The Kier molecular flexibility index (Phi) is 8.36. The largest absolute Gasteiger partial charge is 0.497 e. The number of aromatic nitrogens is 2. The molecule has 0 bridgehead atoms. The molecule has 0 unspecified atom stereocenters. The molecular weight excluding hydrogens is 483 g/mol. The van der Waals surface area contributed by atoms with E-state index < -0.39 is 22.4 Å². The van der Waals surface area contributed by atoms with E-state index in [-0.39, 0.29) is 23.5 Å². The van der Waals surface area contributed by atoms with Crippen LogP contribution in [0.5, 0.6) is 11.5 Å². The molecule has 198 valence electrons. The van der Waals surface area contributed by atoms with Crippen molar-refractivity contribution in [1.82, 2.24) is 14.7 Å². The average Bonchev–Trinajstić information content (AvgIpc) is 3.23. The van der Waals surface area contributed by atoms with Gasteiger partial charge in [-0.3, -0.25) is 14.8 Å². The first-order chi connectivity index (χ1) is 17.4. The molecule has 11 heteroatoms. The van der Waals surface area contributed by atoms with Gasteiger partial charge in [-0.1, -0.05) is 12.1 Å². The molecule has 2 aromatic carbocycles. The van der Waals surface area contributed by atoms with Crippen LogP contribution in [-0.2, 0) is 17.7 Å². The lowest BCUT2D eigenvalue weighted by atomic mass is 10.0. The minimum atomic E-state index is -0.687. The van der Waals surface area contributed by atoms with Crippen LogP contribution in [0.3, 0.4) is 0 Å². The SMILES string of the molecule is COc1ccc(Cn2ncc(-c3cc([N+](=O)[O-])c(OC)cc3F)c2CCN(C)C(=O)OC(C)(C)C)cc1. The molecule has 0 atom stereocenters. The maximum Gasteiger partial charge on any atom is 0.410 e. The highest BCUT2D eigenvalue weighted by Gasteiger charge is 2.25. The predicted octanol–water partition coefficient (Wildman–Crippen LogP) is 5.07. The fourth-order valence-electron chi connectivity index (χ4n) is 3.70. The molecule has 0 radical (unpaired) electrons. The van der Waals surface area contributed by atoms with Crippen LogP contribution in [0, 0.1) is 15.9 Å². The molecule has 3 rings (SSSR count). The number of carbonyl (C=O) groups excluding carboxylic acids is 1. The normalized spacial score (nSPS) is 11.2. The zero-order valence-corrected chi connectivity index (χ0v) is 21.8. The lowest BCUT2D eigenvalue weighted by Gasteiger charge is -2.25. The van der Waals surface area contributed by atoms with E-state index >= 15 is 4.39 Å². The monoisotopic (exact) mass is 514 g/mol. The number of methoxy groups -OCH3 is 2. The summed E-state index contributed by atoms with van der Waals surface area (Å²) < 4.78 is 32.4. The molecule has 1 amide bonds. The van der Waals surface area contributed by atoms with Crippen molar-refractivity contribution in [2.24, 2.45) is 0 Å². The molecule has 0 fully saturated rings. The van der Waals surface area contributed by atoms with Gasteiger partial charge in [0.15, 0.2) is 5.75 Å². The topological polar surface area (TPSA) is 109 Å². The number of nitro groups is 1. The Balaban J connectivity index is 2.01. The van der Waals surface area contributed by atoms with Crippen molar-refractivity contribution >= 4 is 11.8 Å². The van der Waals surface area contributed by atoms with E-state index in [1.54, 1.807) is 39.6 Å². The number of rotatable bonds is 9. The highest BCUT2D eigenvalue weighted by molar-refractivity contribution is 5.71. The van der Waals surface area contributed by atoms with Crippen molar-refractivity contribution in [1.29, 1.82) is 0 Å². The number of hydrogen-bond donors (Lipinski definition) is 0. The van der Waals surface area contributed by atoms with Crippen LogP contribution in [0.1, 0.15) is 32.0 Å². The summed E-state index contributed by atoms with van der Waals surface area (Å²) in [5, 5.41) is 16.0. The third-order valence-corrected chi connectivity index (χ3v) is 5.58. The second-order valence-electron chi connectivity index (χ2n) is 9.42. The van der Waals surface area contributed by atoms with Gasteiger partial charge in [-0.15, -0.1) is 0 Å². The first-order valence-corrected chi connectivity index (χ1v) is 11.6. The van der Waals surface area contributed by atoms with Crippen molar-refractivity contribution in [2.45, 2.75) is 39.3 Å². The van der Waals surface area contributed by atoms with Crippen LogP contribution in [-0.4, -0.2) is 59.1 Å². The van der Waals surface area contributed by atoms with Gasteiger partial charge in [-0.2, -0.15) is 5.10 Å². The molecule has 0 N–H and O–H groups in total. The maximum absolute atomic E-state index is 15.1. The first kappa shape index (κ1) is 27.4. The fraction of sp³-hybridized carbons (Fsp3) is 0.385. The van der Waals surface area contributed by atoms with Crippen LogP contribution in [0.15, 0.2) is 42.6 Å². The standard InChI is InChI=1S/C26H31FN4O6/c1-26(2,3)37-25(32)29(4)12-11-22-20(19-13-23(31(33)34)24(36-6)14-21(19)27)15-28-30(22)16-17-7-9-18(35-5)10-8-17/h7-10,13-15H,11-12,16H2,1-6H3. The first-order valence-electron chi connectivity index (χ1n) is 11.6. The Hall–Kier alpha value is -4.15. The van der Waals surface area contributed by atoms with Gasteiger partial charge >= 0.3 is 11.8 Å². The third kappa shape index (κ3) is 6.75. The molecule has 10 nitrogen and oxygen atoms in total. The van der Waals surface area contributed by atoms with Crippen molar-refractivity contribution < 1.29 is 28.3 Å². The Bertz CT molecular complexity index is 1270. The summed E-state index contributed by atoms with van der Waals surface area (Å²) in [6.45, 7) is 5.94. The quantitative estimate of drug-likeness (QED) is 0.290. The smallest absolute Gasteiger partial charge is 0.410 e. The molecular formula is C26H31FN4O6. The number of benzene rings is 2. The van der Waals surface area contributed by atoms with Crippen LogP contribution in [0.4, 0.5) is 14.9 Å². The summed E-state index contributed by atoms with van der Waals surface area (Å²) in [7, 11) is 4.43. The third-order valence-electron chi connectivity index (χ3n) is 5.58. The zero-order chi connectivity index (χ0) is 27.3. The van der Waals surface area contributed by atoms with Gasteiger partial charge in [0.05, 0.1) is 31.9 Å². The summed E-state index contributed by atoms with van der Waals surface area (Å²) >= 11 is 0. The number of ether oxygens (including phenoxy) is 3. The number of likely N-dealkylation sites (N-methyl/N-ethyl adjacent to an activating group) is 1. The van der Waals surface area contributed by atoms with Crippen LogP contribution >= 0.6 is 0 Å². The van der Waals surface area contributed by atoms with Crippen LogP contribution in [0.25, 0.3) is 11.1 Å². The van der Waals surface area contributed by atoms with Gasteiger partial charge in [0.1, 0.15) is 17.2 Å². The van der Waals surface area contributed by atoms with E-state index in [0.29, 0.717) is 30.0 Å². The van der Waals surface area contributed by atoms with E-state index in [9.17, 15) is 14.9 Å². The second-order valence-corrected chi connectivity index (χ2v) is 9.42. The lowest BCUT2D eigenvalue weighted by Crippen LogP contribution is -2.35. The van der Waals surface area contributed by atoms with Gasteiger partial charge in [-0.25, -0.2) is 9.18 Å². The van der Waals surface area contributed by atoms with Crippen molar-refractivity contribution in [3.63, 3.8) is 0 Å². The number of amides is 1. The number of carbonyl (C=O) groups is 1. The molecule has 0 aliphatic rings. The van der Waals surface area contributed by atoms with E-state index in [0.717, 1.165) is 17.7 Å². The molecule has 37 heavy (non-hydrogen) atoms. The Morgan fingerprint density at radius 3 is 2.38 bits per heavy atom. The minimum absolute atomic E-state index is 0.0170. The summed E-state index contributed by atoms with van der Waals surface area (Å²) in [6, 6.07) is 9.55. The summed E-state index contributed by atoms with van der Waals surface area (Å²) in [4.78, 5) is 24.8. The molecule has 0 aliphatic carbocycles. The van der Waals surface area contributed by atoms with Gasteiger partial charge in [-0.05, 0) is 38.5 Å². The van der Waals surface area contributed by atoms with Crippen LogP contribution < -0.4 is 9.47 Å². The molecule has 0 aliphatic heterocycles. The van der Waals surface area contributed by atoms with Gasteiger partial charge in [0.25, 0.3) is 0 Å². The van der Waals surface area contributed by atoms with E-state index in [2.05, 4.69) is 5.10 Å². The molecule has 0 saturated carbocycles. The summed E-state index contributed by atoms with van der Waals surface area (Å²) in [6.07, 6.45) is 1.27. The second kappa shape index (κ2) is 11.3. The fourth-order valence-corrected chi connectivity index (χ4v) is 3.70. The average molecular weight is 515 g/mol. The Labute approximate surface area is 214 Å². The van der Waals surface area contributed by atoms with Crippen molar-refractivity contribution in [3.05, 3.63) is 69.8 Å². The molecule has 1 heterocycles. The number of hydrogen-bond acceptors (Lipinski definition) is 7. The zero-order valence-electron chi connectivity index (χ0n) is 21.8. The van der Waals surface area contributed by atoms with Gasteiger partial charge in [0, 0.05) is 49.0 Å². The predicted molar refractivity (Wildman–Crippen MR) is 135 cm³/mol. The van der Waals surface area contributed by atoms with Crippen LogP contribution in [0.2, 0.25) is 0 Å². The summed E-state index contributed by atoms with van der Waals surface area (Å²) in [5.74, 6) is -0.159. The molecule has 0 spiro atoms. The van der Waals surface area contributed by atoms with E-state index in [1.807, 2.05) is 24.3 Å². The number of nitro benzene ring substituents is 1. The van der Waals surface area contributed by atoms with E-state index in [4.69, 9.17) is 14.2 Å². The highest BCUT2D eigenvalue weighted by Crippen LogP contribution is 2.36. The highest BCUT2D eigenvalue weighted by atomic mass is 19.1. The Morgan fingerprint density at radius 1 is 1.14 bits per heavy atom. The Morgan fingerprint density at radius 2 is 1.81 bits per heavy atom. The number of halogens is 1.